The van der Waals surface area contributed by atoms with Gasteiger partial charge in [0, 0.05) is 19.5 Å². The summed E-state index contributed by atoms with van der Waals surface area (Å²) in [5.74, 6) is 2.37. The van der Waals surface area contributed by atoms with Crippen LogP contribution < -0.4 is 0 Å². The van der Waals surface area contributed by atoms with E-state index in [9.17, 15) is 9.59 Å². The number of carbonyl (C=O) groups is 2. The Hall–Kier alpha value is -1.06. The van der Waals surface area contributed by atoms with E-state index >= 15 is 0 Å². The summed E-state index contributed by atoms with van der Waals surface area (Å²) in [6.07, 6.45) is 7.77. The average molecular weight is 276 g/mol. The largest absolute Gasteiger partial charge is 0.327 e. The second-order valence-corrected chi connectivity index (χ2v) is 7.48. The summed E-state index contributed by atoms with van der Waals surface area (Å²) in [6, 6.07) is -0.00861. The third-order valence-electron chi connectivity index (χ3n) is 6.17. The number of amides is 3. The van der Waals surface area contributed by atoms with Crippen LogP contribution in [-0.4, -0.2) is 40.4 Å². The molecule has 5 fully saturated rings. The van der Waals surface area contributed by atoms with Gasteiger partial charge in [-0.25, -0.2) is 4.79 Å². The van der Waals surface area contributed by atoms with E-state index in [1.807, 2.05) is 11.8 Å². The molecule has 0 spiro atoms. The molecule has 1 heterocycles. The van der Waals surface area contributed by atoms with Crippen molar-refractivity contribution in [2.24, 2.45) is 17.8 Å². The molecule has 0 aromatic carbocycles. The Morgan fingerprint density at radius 3 is 2.10 bits per heavy atom. The molecule has 110 valence electrons. The minimum absolute atomic E-state index is 0.00861. The molecule has 20 heavy (non-hydrogen) atoms. The van der Waals surface area contributed by atoms with Gasteiger partial charge < -0.3 is 4.90 Å². The SMILES string of the molecule is CCN1CCC(=O)N(C23CC4CC(CC(C4)C2)C3)C1=O. The number of rotatable bonds is 2. The van der Waals surface area contributed by atoms with E-state index in [1.54, 1.807) is 4.90 Å². The molecular weight excluding hydrogens is 252 g/mol. The average Bonchev–Trinajstić information content (AvgIpc) is 2.37. The molecule has 1 aliphatic heterocycles. The Balaban J connectivity index is 1.68. The summed E-state index contributed by atoms with van der Waals surface area (Å²) in [5.41, 5.74) is -0.114. The van der Waals surface area contributed by atoms with E-state index in [1.165, 1.54) is 19.3 Å². The first-order chi connectivity index (χ1) is 9.61. The van der Waals surface area contributed by atoms with E-state index in [-0.39, 0.29) is 17.5 Å². The fourth-order valence-electron chi connectivity index (χ4n) is 5.79. The zero-order valence-electron chi connectivity index (χ0n) is 12.3. The molecule has 1 saturated heterocycles. The summed E-state index contributed by atoms with van der Waals surface area (Å²) in [7, 11) is 0. The monoisotopic (exact) mass is 276 g/mol. The van der Waals surface area contributed by atoms with Crippen LogP contribution in [0.2, 0.25) is 0 Å². The smallest absolute Gasteiger partial charge is 0.324 e. The van der Waals surface area contributed by atoms with Crippen molar-refractivity contribution in [2.75, 3.05) is 13.1 Å². The maximum Gasteiger partial charge on any atom is 0.327 e. The van der Waals surface area contributed by atoms with Gasteiger partial charge in [0.25, 0.3) is 0 Å². The Bertz CT molecular complexity index is 424. The van der Waals surface area contributed by atoms with Crippen LogP contribution in [0.15, 0.2) is 0 Å². The molecule has 4 heteroatoms. The normalized spacial score (nSPS) is 43.5. The minimum Gasteiger partial charge on any atom is -0.324 e. The second-order valence-electron chi connectivity index (χ2n) is 7.48. The van der Waals surface area contributed by atoms with Gasteiger partial charge in [-0.15, -0.1) is 0 Å². The molecule has 0 aromatic heterocycles. The van der Waals surface area contributed by atoms with Gasteiger partial charge in [0.15, 0.2) is 0 Å². The van der Waals surface area contributed by atoms with Gasteiger partial charge in [0.05, 0.1) is 5.54 Å². The van der Waals surface area contributed by atoms with Gasteiger partial charge in [-0.05, 0) is 63.2 Å². The quantitative estimate of drug-likeness (QED) is 0.778. The van der Waals surface area contributed by atoms with Crippen molar-refractivity contribution in [2.45, 2.75) is 57.4 Å². The first-order valence-corrected chi connectivity index (χ1v) is 8.23. The van der Waals surface area contributed by atoms with Crippen LogP contribution in [0, 0.1) is 17.8 Å². The van der Waals surface area contributed by atoms with Crippen LogP contribution in [0.4, 0.5) is 4.79 Å². The van der Waals surface area contributed by atoms with Crippen molar-refractivity contribution in [1.29, 1.82) is 0 Å². The Labute approximate surface area is 120 Å². The zero-order valence-corrected chi connectivity index (χ0v) is 12.3. The fourth-order valence-corrected chi connectivity index (χ4v) is 5.79. The molecular formula is C16H24N2O2. The van der Waals surface area contributed by atoms with Crippen LogP contribution in [0.25, 0.3) is 0 Å². The third-order valence-corrected chi connectivity index (χ3v) is 6.17. The first kappa shape index (κ1) is 12.7. The number of hydrogen-bond donors (Lipinski definition) is 0. The van der Waals surface area contributed by atoms with Crippen molar-refractivity contribution in [3.8, 4) is 0 Å². The molecule has 5 aliphatic rings. The lowest BCUT2D eigenvalue weighted by molar-refractivity contribution is -0.147. The lowest BCUT2D eigenvalue weighted by Gasteiger charge is -2.60. The van der Waals surface area contributed by atoms with Crippen molar-refractivity contribution in [3.63, 3.8) is 0 Å². The molecule has 4 bridgehead atoms. The van der Waals surface area contributed by atoms with Crippen molar-refractivity contribution in [3.05, 3.63) is 0 Å². The lowest BCUT2D eigenvalue weighted by Crippen LogP contribution is -2.67. The molecule has 3 amide bonds. The van der Waals surface area contributed by atoms with E-state index in [4.69, 9.17) is 0 Å². The van der Waals surface area contributed by atoms with Crippen LogP contribution in [0.1, 0.15) is 51.9 Å². The highest BCUT2D eigenvalue weighted by Crippen LogP contribution is 2.58. The molecule has 0 unspecified atom stereocenters. The van der Waals surface area contributed by atoms with Crippen molar-refractivity contribution >= 4 is 11.9 Å². The van der Waals surface area contributed by atoms with E-state index in [0.29, 0.717) is 13.0 Å². The van der Waals surface area contributed by atoms with Crippen LogP contribution in [-0.2, 0) is 4.79 Å². The number of urea groups is 1. The number of carbonyl (C=O) groups excluding carboxylic acids is 2. The fraction of sp³-hybridized carbons (Fsp3) is 0.875. The van der Waals surface area contributed by atoms with Crippen molar-refractivity contribution in [1.82, 2.24) is 9.80 Å². The summed E-state index contributed by atoms with van der Waals surface area (Å²) in [4.78, 5) is 28.7. The highest BCUT2D eigenvalue weighted by Gasteiger charge is 2.57. The van der Waals surface area contributed by atoms with Crippen LogP contribution in [0.3, 0.4) is 0 Å². The van der Waals surface area contributed by atoms with Crippen molar-refractivity contribution < 1.29 is 9.59 Å². The Morgan fingerprint density at radius 1 is 1.05 bits per heavy atom. The Morgan fingerprint density at radius 2 is 1.60 bits per heavy atom. The van der Waals surface area contributed by atoms with Gasteiger partial charge in [-0.3, -0.25) is 9.69 Å². The van der Waals surface area contributed by atoms with Gasteiger partial charge in [0.2, 0.25) is 5.91 Å². The summed E-state index contributed by atoms with van der Waals surface area (Å²) in [5, 5.41) is 0. The maximum atomic E-state index is 12.7. The molecule has 4 saturated carbocycles. The topological polar surface area (TPSA) is 40.6 Å². The lowest BCUT2D eigenvalue weighted by atomic mass is 9.52. The highest BCUT2D eigenvalue weighted by molar-refractivity contribution is 5.97. The van der Waals surface area contributed by atoms with Crippen LogP contribution >= 0.6 is 0 Å². The third kappa shape index (κ3) is 1.66. The van der Waals surface area contributed by atoms with Gasteiger partial charge in [-0.2, -0.15) is 0 Å². The molecule has 0 radical (unpaired) electrons. The predicted molar refractivity (Wildman–Crippen MR) is 75.0 cm³/mol. The molecule has 4 aliphatic carbocycles. The van der Waals surface area contributed by atoms with E-state index < -0.39 is 0 Å². The number of hydrogen-bond acceptors (Lipinski definition) is 2. The van der Waals surface area contributed by atoms with Crippen LogP contribution in [0.5, 0.6) is 0 Å². The van der Waals surface area contributed by atoms with Gasteiger partial charge in [-0.1, -0.05) is 0 Å². The molecule has 0 N–H and O–H groups in total. The standard InChI is InChI=1S/C16H24N2O2/c1-2-17-4-3-14(19)18(15(17)20)16-8-11-5-12(9-16)7-13(6-11)10-16/h11-13H,2-10H2,1H3. The Kier molecular flexibility index (Phi) is 2.67. The summed E-state index contributed by atoms with van der Waals surface area (Å²) >= 11 is 0. The molecule has 5 rings (SSSR count). The summed E-state index contributed by atoms with van der Waals surface area (Å²) in [6.45, 7) is 3.33. The maximum absolute atomic E-state index is 12.7. The minimum atomic E-state index is -0.114. The highest BCUT2D eigenvalue weighted by atomic mass is 16.2. The predicted octanol–water partition coefficient (Wildman–Crippen LogP) is 2.63. The van der Waals surface area contributed by atoms with E-state index in [2.05, 4.69) is 0 Å². The molecule has 0 aromatic rings. The zero-order chi connectivity index (χ0) is 13.9. The first-order valence-electron chi connectivity index (χ1n) is 8.23. The number of nitrogens with zero attached hydrogens (tertiary/aromatic N) is 2. The molecule has 4 nitrogen and oxygen atoms in total. The van der Waals surface area contributed by atoms with E-state index in [0.717, 1.165) is 43.6 Å². The van der Waals surface area contributed by atoms with Gasteiger partial charge in [0.1, 0.15) is 0 Å². The van der Waals surface area contributed by atoms with Gasteiger partial charge >= 0.3 is 6.03 Å². The second kappa shape index (κ2) is 4.22. The molecule has 0 atom stereocenters. The number of imide groups is 1. The summed E-state index contributed by atoms with van der Waals surface area (Å²) < 4.78 is 0.